The van der Waals surface area contributed by atoms with E-state index in [0.717, 1.165) is 16.8 Å². The fourth-order valence-electron chi connectivity index (χ4n) is 2.90. The summed E-state index contributed by atoms with van der Waals surface area (Å²) in [6, 6.07) is 7.60. The van der Waals surface area contributed by atoms with Gasteiger partial charge >= 0.3 is 0 Å². The van der Waals surface area contributed by atoms with Gasteiger partial charge in [-0.25, -0.2) is 23.4 Å². The number of H-pyrrole nitrogens is 1. The van der Waals surface area contributed by atoms with Crippen LogP contribution in [0.25, 0.3) is 11.3 Å². The van der Waals surface area contributed by atoms with Crippen molar-refractivity contribution in [3.05, 3.63) is 88.8 Å². The number of sulfonamides is 1. The topological polar surface area (TPSA) is 156 Å². The molecule has 1 aliphatic carbocycles. The lowest BCUT2D eigenvalue weighted by atomic mass is 10.1. The molecule has 1 aliphatic rings. The van der Waals surface area contributed by atoms with Crippen molar-refractivity contribution in [1.82, 2.24) is 25.3 Å². The molecule has 3 aromatic rings. The number of imidazole rings is 1. The molecule has 33 heavy (non-hydrogen) atoms. The number of anilines is 2. The number of nitrogens with one attached hydrogen (secondary N) is 3. The Morgan fingerprint density at radius 3 is 2.48 bits per heavy atom. The van der Waals surface area contributed by atoms with Crippen LogP contribution in [0.4, 0.5) is 11.6 Å². The molecule has 4 rings (SSSR count). The highest BCUT2D eigenvalue weighted by molar-refractivity contribution is 7.96. The maximum Gasteiger partial charge on any atom is 0.270 e. The van der Waals surface area contributed by atoms with Gasteiger partial charge in [0.1, 0.15) is 10.7 Å². The van der Waals surface area contributed by atoms with Gasteiger partial charge < -0.3 is 16.0 Å². The molecule has 0 spiro atoms. The molecule has 1 amide bonds. The molecule has 10 nitrogen and oxygen atoms in total. The van der Waals surface area contributed by atoms with E-state index in [1.165, 1.54) is 18.5 Å². The summed E-state index contributed by atoms with van der Waals surface area (Å²) in [6.45, 7) is 0.340. The van der Waals surface area contributed by atoms with Crippen molar-refractivity contribution in [3.8, 4) is 11.3 Å². The molecular weight excluding hydrogens is 442 g/mol. The first-order valence-electron chi connectivity index (χ1n) is 9.78. The number of carbonyl (C=O) groups excluding carboxylic acids is 1. The zero-order valence-electron chi connectivity index (χ0n) is 17.2. The Labute approximate surface area is 189 Å². The summed E-state index contributed by atoms with van der Waals surface area (Å²) in [5.41, 5.74) is 13.5. The molecule has 0 unspecified atom stereocenters. The van der Waals surface area contributed by atoms with E-state index < -0.39 is 10.0 Å². The molecule has 0 saturated heterocycles. The molecule has 0 fully saturated rings. The zero-order chi connectivity index (χ0) is 23.3. The molecule has 2 heterocycles. The molecule has 0 saturated carbocycles. The van der Waals surface area contributed by atoms with Gasteiger partial charge in [-0.05, 0) is 29.0 Å². The summed E-state index contributed by atoms with van der Waals surface area (Å²) < 4.78 is 27.0. The van der Waals surface area contributed by atoms with Crippen molar-refractivity contribution in [2.24, 2.45) is 0 Å². The largest absolute Gasteiger partial charge is 0.369 e. The number of aromatic amines is 1. The fraction of sp³-hybridized carbons (Fsp3) is 0.0909. The van der Waals surface area contributed by atoms with Crippen molar-refractivity contribution in [2.75, 3.05) is 10.5 Å². The Hall–Kier alpha value is -4.43. The normalized spacial score (nSPS) is 12.4. The summed E-state index contributed by atoms with van der Waals surface area (Å²) in [7, 11) is -3.82. The highest BCUT2D eigenvalue weighted by Crippen LogP contribution is 2.18. The third kappa shape index (κ3) is 5.63. The monoisotopic (exact) mass is 461 g/mol. The van der Waals surface area contributed by atoms with Crippen LogP contribution in [0.1, 0.15) is 11.4 Å². The van der Waals surface area contributed by atoms with E-state index in [2.05, 4.69) is 41.4 Å². The Balaban J connectivity index is 1.29. The van der Waals surface area contributed by atoms with Crippen LogP contribution in [0.15, 0.2) is 77.5 Å². The molecule has 2 aromatic heterocycles. The summed E-state index contributed by atoms with van der Waals surface area (Å²) >= 11 is 0. The van der Waals surface area contributed by atoms with E-state index in [9.17, 15) is 13.2 Å². The van der Waals surface area contributed by atoms with Crippen LogP contribution < -0.4 is 15.8 Å². The van der Waals surface area contributed by atoms with Crippen LogP contribution in [0, 0.1) is 0 Å². The number of nitrogen functional groups attached to an aromatic ring is 1. The maximum atomic E-state index is 12.3. The minimum atomic E-state index is -3.82. The van der Waals surface area contributed by atoms with Gasteiger partial charge in [0.2, 0.25) is 5.91 Å². The minimum absolute atomic E-state index is 0.0417. The molecule has 11 heteroatoms. The van der Waals surface area contributed by atoms with Crippen LogP contribution in [0.5, 0.6) is 0 Å². The van der Waals surface area contributed by atoms with E-state index in [-0.39, 0.29) is 28.7 Å². The second-order valence-corrected chi connectivity index (χ2v) is 8.64. The van der Waals surface area contributed by atoms with Crippen LogP contribution in [0.3, 0.4) is 0 Å². The van der Waals surface area contributed by atoms with Gasteiger partial charge in [-0.1, -0.05) is 36.1 Å². The third-order valence-corrected chi connectivity index (χ3v) is 5.86. The zero-order valence-corrected chi connectivity index (χ0v) is 18.1. The molecule has 1 aromatic carbocycles. The predicted octanol–water partition coefficient (Wildman–Crippen LogP) is 1.81. The number of hydrogen-bond acceptors (Lipinski definition) is 7. The second kappa shape index (κ2) is 9.37. The standard InChI is InChI=1S/C22H19N7O3S/c23-22-27-14-19(28-22)16-8-6-15(7-9-16)11-26-21(30)10-20-24-12-17(13-25-20)29-33(31,32)18-4-2-1-3-5-18/h1-2,4,6-9,12-14,29H,10-11H2,(H,26,30)(H3,23,27,28). The number of aromatic nitrogens is 4. The Morgan fingerprint density at radius 2 is 1.85 bits per heavy atom. The number of allylic oxidation sites excluding steroid dienone is 3. The molecule has 0 radical (unpaired) electrons. The number of nitrogens with two attached hydrogens (primary N) is 1. The van der Waals surface area contributed by atoms with Gasteiger partial charge in [0.15, 0.2) is 5.95 Å². The maximum absolute atomic E-state index is 12.3. The third-order valence-electron chi connectivity index (χ3n) is 4.54. The van der Waals surface area contributed by atoms with E-state index in [1.54, 1.807) is 18.3 Å². The van der Waals surface area contributed by atoms with Crippen molar-refractivity contribution in [2.45, 2.75) is 13.0 Å². The molecule has 0 bridgehead atoms. The van der Waals surface area contributed by atoms with Crippen molar-refractivity contribution < 1.29 is 13.2 Å². The van der Waals surface area contributed by atoms with E-state index >= 15 is 0 Å². The van der Waals surface area contributed by atoms with Crippen LogP contribution in [0.2, 0.25) is 0 Å². The van der Waals surface area contributed by atoms with Gasteiger partial charge in [-0.15, -0.1) is 0 Å². The van der Waals surface area contributed by atoms with Gasteiger partial charge in [0.05, 0.1) is 36.4 Å². The minimum Gasteiger partial charge on any atom is -0.369 e. The summed E-state index contributed by atoms with van der Waals surface area (Å²) in [6.07, 6.45) is 8.73. The van der Waals surface area contributed by atoms with Gasteiger partial charge in [0.25, 0.3) is 10.0 Å². The number of rotatable bonds is 8. The molecule has 0 aliphatic heterocycles. The highest BCUT2D eigenvalue weighted by Gasteiger charge is 2.16. The van der Waals surface area contributed by atoms with Crippen LogP contribution in [-0.2, 0) is 27.8 Å². The molecule has 5 N–H and O–H groups in total. The Kier molecular flexibility index (Phi) is 6.19. The van der Waals surface area contributed by atoms with Crippen molar-refractivity contribution in [1.29, 1.82) is 0 Å². The number of benzene rings is 1. The number of hydrogen-bond donors (Lipinski definition) is 4. The van der Waals surface area contributed by atoms with E-state index in [4.69, 9.17) is 5.73 Å². The first-order valence-corrected chi connectivity index (χ1v) is 11.3. The number of carbonyl (C=O) groups is 1. The van der Waals surface area contributed by atoms with Gasteiger partial charge in [0, 0.05) is 6.54 Å². The van der Waals surface area contributed by atoms with Crippen LogP contribution >= 0.6 is 0 Å². The molecule has 166 valence electrons. The SMILES string of the molecule is Nc1ncc(-c2ccc(CNC(=O)Cc3ncc(NS(=O)(=O)C4=C=C=CC=C4)cn3)cc2)[nH]1. The molecule has 0 atom stereocenters. The average Bonchev–Trinajstić information content (AvgIpc) is 3.26. The second-order valence-electron chi connectivity index (χ2n) is 6.99. The Bertz CT molecular complexity index is 1410. The predicted molar refractivity (Wildman–Crippen MR) is 123 cm³/mol. The smallest absolute Gasteiger partial charge is 0.270 e. The lowest BCUT2D eigenvalue weighted by molar-refractivity contribution is -0.120. The summed E-state index contributed by atoms with van der Waals surface area (Å²) in [5, 5.41) is 2.81. The van der Waals surface area contributed by atoms with Crippen molar-refractivity contribution >= 4 is 27.6 Å². The quantitative estimate of drug-likeness (QED) is 0.373. The number of nitrogens with zero attached hydrogens (tertiary/aromatic N) is 3. The fourth-order valence-corrected chi connectivity index (χ4v) is 3.87. The summed E-state index contributed by atoms with van der Waals surface area (Å²) in [5.74, 6) is 0.354. The Morgan fingerprint density at radius 1 is 1.09 bits per heavy atom. The van der Waals surface area contributed by atoms with Crippen molar-refractivity contribution in [3.63, 3.8) is 0 Å². The molecular formula is C22H19N7O3S. The van der Waals surface area contributed by atoms with Crippen LogP contribution in [-0.4, -0.2) is 34.3 Å². The van der Waals surface area contributed by atoms with Gasteiger partial charge in [-0.2, -0.15) is 0 Å². The van der Waals surface area contributed by atoms with E-state index in [0.29, 0.717) is 12.5 Å². The lowest BCUT2D eigenvalue weighted by Crippen LogP contribution is -2.25. The lowest BCUT2D eigenvalue weighted by Gasteiger charge is -2.08. The van der Waals surface area contributed by atoms with Gasteiger partial charge in [-0.3, -0.25) is 9.52 Å². The highest BCUT2D eigenvalue weighted by atomic mass is 32.2. The first-order chi connectivity index (χ1) is 15.9. The average molecular weight is 462 g/mol. The summed E-state index contributed by atoms with van der Waals surface area (Å²) in [4.78, 5) is 27.2. The number of amides is 1. The van der Waals surface area contributed by atoms with E-state index in [1.807, 2.05) is 24.3 Å². The first kappa shape index (κ1) is 21.8.